The minimum absolute atomic E-state index is 0.374. The molecule has 0 spiro atoms. The van der Waals surface area contributed by atoms with E-state index in [1.54, 1.807) is 6.07 Å². The highest BCUT2D eigenvalue weighted by atomic mass is 19.4. The maximum Gasteiger partial charge on any atom is 0.433 e. The SMILES string of the molecule is Cc1nnc(CN2CCN(c3cccc(C(F)(F)F)n3)CC2)n1C. The summed E-state index contributed by atoms with van der Waals surface area (Å²) < 4.78 is 40.3. The number of alkyl halides is 3. The molecule has 1 aliphatic rings. The van der Waals surface area contributed by atoms with E-state index >= 15 is 0 Å². The van der Waals surface area contributed by atoms with Crippen LogP contribution in [0.1, 0.15) is 17.3 Å². The molecule has 0 unspecified atom stereocenters. The van der Waals surface area contributed by atoms with E-state index in [1.807, 2.05) is 23.4 Å². The van der Waals surface area contributed by atoms with Gasteiger partial charge in [0.2, 0.25) is 0 Å². The van der Waals surface area contributed by atoms with Gasteiger partial charge in [-0.25, -0.2) is 4.98 Å². The molecule has 2 aromatic rings. The van der Waals surface area contributed by atoms with Gasteiger partial charge < -0.3 is 9.47 Å². The van der Waals surface area contributed by atoms with Gasteiger partial charge in [0.15, 0.2) is 0 Å². The van der Waals surface area contributed by atoms with E-state index in [-0.39, 0.29) is 0 Å². The summed E-state index contributed by atoms with van der Waals surface area (Å²) in [5.41, 5.74) is -0.850. The topological polar surface area (TPSA) is 50.1 Å². The Labute approximate surface area is 137 Å². The fourth-order valence-electron chi connectivity index (χ4n) is 2.68. The molecule has 0 bridgehead atoms. The van der Waals surface area contributed by atoms with Crippen molar-refractivity contribution >= 4 is 5.82 Å². The minimum atomic E-state index is -4.42. The van der Waals surface area contributed by atoms with E-state index in [2.05, 4.69) is 20.1 Å². The second-order valence-electron chi connectivity index (χ2n) is 5.86. The second kappa shape index (κ2) is 6.39. The Morgan fingerprint density at radius 3 is 2.38 bits per heavy atom. The summed E-state index contributed by atoms with van der Waals surface area (Å²) in [5.74, 6) is 2.12. The summed E-state index contributed by atoms with van der Waals surface area (Å²) in [6.45, 7) is 5.32. The second-order valence-corrected chi connectivity index (χ2v) is 5.86. The molecule has 1 aliphatic heterocycles. The largest absolute Gasteiger partial charge is 0.433 e. The van der Waals surface area contributed by atoms with Gasteiger partial charge in [0.25, 0.3) is 0 Å². The highest BCUT2D eigenvalue weighted by Crippen LogP contribution is 2.29. The molecule has 3 rings (SSSR count). The zero-order chi connectivity index (χ0) is 17.3. The lowest BCUT2D eigenvalue weighted by Crippen LogP contribution is -2.46. The van der Waals surface area contributed by atoms with Crippen molar-refractivity contribution in [3.8, 4) is 0 Å². The molecule has 1 fully saturated rings. The first-order valence-electron chi connectivity index (χ1n) is 7.71. The molecule has 0 radical (unpaired) electrons. The summed E-state index contributed by atoms with van der Waals surface area (Å²) in [4.78, 5) is 7.85. The van der Waals surface area contributed by atoms with Gasteiger partial charge in [0.05, 0.1) is 6.54 Å². The van der Waals surface area contributed by atoms with Crippen LogP contribution in [-0.2, 0) is 19.8 Å². The number of pyridine rings is 1. The highest BCUT2D eigenvalue weighted by Gasteiger charge is 2.33. The average Bonchev–Trinajstić information content (AvgIpc) is 2.87. The Kier molecular flexibility index (Phi) is 4.44. The fraction of sp³-hybridized carbons (Fsp3) is 0.533. The molecular weight excluding hydrogens is 321 g/mol. The normalized spacial score (nSPS) is 16.6. The molecule has 6 nitrogen and oxygen atoms in total. The molecule has 3 heterocycles. The molecule has 130 valence electrons. The van der Waals surface area contributed by atoms with E-state index in [1.165, 1.54) is 6.07 Å². The lowest BCUT2D eigenvalue weighted by Gasteiger charge is -2.35. The molecule has 0 N–H and O–H groups in total. The van der Waals surface area contributed by atoms with Gasteiger partial charge in [-0.15, -0.1) is 10.2 Å². The first-order valence-corrected chi connectivity index (χ1v) is 7.71. The van der Waals surface area contributed by atoms with Gasteiger partial charge in [-0.3, -0.25) is 4.90 Å². The van der Waals surface area contributed by atoms with Crippen molar-refractivity contribution < 1.29 is 13.2 Å². The van der Waals surface area contributed by atoms with E-state index in [9.17, 15) is 13.2 Å². The average molecular weight is 340 g/mol. The van der Waals surface area contributed by atoms with E-state index in [4.69, 9.17) is 0 Å². The zero-order valence-electron chi connectivity index (χ0n) is 13.6. The Balaban J connectivity index is 1.62. The molecule has 0 aromatic carbocycles. The first kappa shape index (κ1) is 16.7. The third kappa shape index (κ3) is 3.50. The monoisotopic (exact) mass is 340 g/mol. The van der Waals surface area contributed by atoms with Crippen LogP contribution in [0.3, 0.4) is 0 Å². The maximum absolute atomic E-state index is 12.8. The van der Waals surface area contributed by atoms with Crippen LogP contribution in [0.5, 0.6) is 0 Å². The molecule has 24 heavy (non-hydrogen) atoms. The van der Waals surface area contributed by atoms with Crippen molar-refractivity contribution in [3.05, 3.63) is 35.5 Å². The number of piperazine rings is 1. The number of aromatic nitrogens is 4. The summed E-state index contributed by atoms with van der Waals surface area (Å²) in [6.07, 6.45) is -4.42. The Morgan fingerprint density at radius 1 is 1.08 bits per heavy atom. The molecular formula is C15H19F3N6. The van der Waals surface area contributed by atoms with Gasteiger partial charge in [-0.1, -0.05) is 6.07 Å². The first-order chi connectivity index (χ1) is 11.3. The number of rotatable bonds is 3. The van der Waals surface area contributed by atoms with Crippen molar-refractivity contribution in [2.45, 2.75) is 19.6 Å². The summed E-state index contributed by atoms with van der Waals surface area (Å²) >= 11 is 0. The lowest BCUT2D eigenvalue weighted by atomic mass is 10.2. The Hall–Kier alpha value is -2.16. The Morgan fingerprint density at radius 2 is 1.79 bits per heavy atom. The Bertz CT molecular complexity index is 703. The summed E-state index contributed by atoms with van der Waals surface area (Å²) in [7, 11) is 1.92. The molecule has 1 saturated heterocycles. The van der Waals surface area contributed by atoms with Crippen LogP contribution < -0.4 is 4.90 Å². The van der Waals surface area contributed by atoms with Crippen molar-refractivity contribution in [3.63, 3.8) is 0 Å². The van der Waals surface area contributed by atoms with Gasteiger partial charge >= 0.3 is 6.18 Å². The maximum atomic E-state index is 12.8. The smallest absolute Gasteiger partial charge is 0.354 e. The van der Waals surface area contributed by atoms with Crippen LogP contribution >= 0.6 is 0 Å². The van der Waals surface area contributed by atoms with Crippen molar-refractivity contribution in [2.75, 3.05) is 31.1 Å². The van der Waals surface area contributed by atoms with Crippen molar-refractivity contribution in [1.29, 1.82) is 0 Å². The van der Waals surface area contributed by atoms with E-state index < -0.39 is 11.9 Å². The minimum Gasteiger partial charge on any atom is -0.354 e. The van der Waals surface area contributed by atoms with Crippen LogP contribution in [0.2, 0.25) is 0 Å². The lowest BCUT2D eigenvalue weighted by molar-refractivity contribution is -0.141. The third-order valence-electron chi connectivity index (χ3n) is 4.27. The molecule has 0 atom stereocenters. The quantitative estimate of drug-likeness (QED) is 0.854. The van der Waals surface area contributed by atoms with Crippen LogP contribution in [0.25, 0.3) is 0 Å². The predicted octanol–water partition coefficient (Wildman–Crippen LogP) is 1.86. The van der Waals surface area contributed by atoms with E-state index in [0.29, 0.717) is 25.5 Å². The highest BCUT2D eigenvalue weighted by molar-refractivity contribution is 5.40. The predicted molar refractivity (Wildman–Crippen MR) is 82.5 cm³/mol. The number of halogens is 3. The zero-order valence-corrected chi connectivity index (χ0v) is 13.6. The molecule has 0 amide bonds. The van der Waals surface area contributed by atoms with Crippen molar-refractivity contribution in [1.82, 2.24) is 24.6 Å². The van der Waals surface area contributed by atoms with Gasteiger partial charge in [0, 0.05) is 33.2 Å². The van der Waals surface area contributed by atoms with Crippen molar-refractivity contribution in [2.24, 2.45) is 7.05 Å². The molecule has 0 aliphatic carbocycles. The third-order valence-corrected chi connectivity index (χ3v) is 4.27. The van der Waals surface area contributed by atoms with Crippen LogP contribution in [0, 0.1) is 6.92 Å². The number of nitrogens with zero attached hydrogens (tertiary/aromatic N) is 6. The molecule has 0 saturated carbocycles. The van der Waals surface area contributed by atoms with Gasteiger partial charge in [-0.2, -0.15) is 13.2 Å². The van der Waals surface area contributed by atoms with Crippen LogP contribution in [0.4, 0.5) is 19.0 Å². The standard InChI is InChI=1S/C15H19F3N6/c1-11-20-21-14(22(11)2)10-23-6-8-24(9-7-23)13-5-3-4-12(19-13)15(16,17)18/h3-5H,6-10H2,1-2H3. The summed E-state index contributed by atoms with van der Waals surface area (Å²) in [5, 5.41) is 8.18. The number of aryl methyl sites for hydroxylation is 1. The van der Waals surface area contributed by atoms with Crippen LogP contribution in [0.15, 0.2) is 18.2 Å². The van der Waals surface area contributed by atoms with Crippen LogP contribution in [-0.4, -0.2) is 50.8 Å². The van der Waals surface area contributed by atoms with Gasteiger partial charge in [0.1, 0.15) is 23.2 Å². The number of anilines is 1. The summed E-state index contributed by atoms with van der Waals surface area (Å²) in [6, 6.07) is 4.02. The van der Waals surface area contributed by atoms with Gasteiger partial charge in [-0.05, 0) is 19.1 Å². The number of hydrogen-bond acceptors (Lipinski definition) is 5. The molecule has 9 heteroatoms. The fourth-order valence-corrected chi connectivity index (χ4v) is 2.68. The van der Waals surface area contributed by atoms with E-state index in [0.717, 1.165) is 30.8 Å². The number of hydrogen-bond donors (Lipinski definition) is 0. The molecule has 2 aromatic heterocycles.